The molecule has 0 spiro atoms. The number of aliphatic hydroxyl groups is 1. The van der Waals surface area contributed by atoms with E-state index in [9.17, 15) is 9.90 Å². The molecule has 4 heteroatoms. The monoisotopic (exact) mass is 285 g/mol. The van der Waals surface area contributed by atoms with Gasteiger partial charge in [-0.15, -0.1) is 0 Å². The number of aliphatic hydroxyl groups excluding tert-OH is 1. The number of benzene rings is 1. The number of pyridine rings is 1. The van der Waals surface area contributed by atoms with Crippen molar-refractivity contribution in [3.63, 3.8) is 0 Å². The van der Waals surface area contributed by atoms with Gasteiger partial charge in [0.1, 0.15) is 0 Å². The molecule has 1 unspecified atom stereocenters. The summed E-state index contributed by atoms with van der Waals surface area (Å²) in [6, 6.07) is 10.7. The predicted octanol–water partition coefficient (Wildman–Crippen LogP) is 3.45. The molecule has 20 heavy (non-hydrogen) atoms. The van der Waals surface area contributed by atoms with Gasteiger partial charge in [0, 0.05) is 17.0 Å². The van der Waals surface area contributed by atoms with E-state index in [0.717, 1.165) is 5.39 Å². The van der Waals surface area contributed by atoms with Gasteiger partial charge in [-0.25, -0.2) is 0 Å². The van der Waals surface area contributed by atoms with E-state index in [1.54, 1.807) is 25.1 Å². The summed E-state index contributed by atoms with van der Waals surface area (Å²) in [5, 5.41) is 11.9. The molecule has 3 aromatic rings. The molecule has 3 nitrogen and oxygen atoms in total. The van der Waals surface area contributed by atoms with Crippen LogP contribution in [0.2, 0.25) is 5.02 Å². The third-order valence-electron chi connectivity index (χ3n) is 3.35. The van der Waals surface area contributed by atoms with Gasteiger partial charge in [0.25, 0.3) is 0 Å². The SMILES string of the molecule is CC(O)c1ccc2ccc3ncc(Cl)cc3c(=O)c2c1. The molecule has 2 aromatic carbocycles. The molecule has 1 aromatic heterocycles. The lowest BCUT2D eigenvalue weighted by molar-refractivity contribution is 0.199. The van der Waals surface area contributed by atoms with Gasteiger partial charge >= 0.3 is 0 Å². The number of hydrogen-bond acceptors (Lipinski definition) is 3. The third-order valence-corrected chi connectivity index (χ3v) is 3.56. The van der Waals surface area contributed by atoms with Crippen LogP contribution in [0.4, 0.5) is 0 Å². The van der Waals surface area contributed by atoms with Crippen LogP contribution in [0.1, 0.15) is 18.6 Å². The average molecular weight is 286 g/mol. The van der Waals surface area contributed by atoms with Crippen LogP contribution in [-0.2, 0) is 0 Å². The van der Waals surface area contributed by atoms with Crippen LogP contribution in [0.3, 0.4) is 0 Å². The smallest absolute Gasteiger partial charge is 0.195 e. The molecular formula is C16H12ClNO2. The van der Waals surface area contributed by atoms with Crippen molar-refractivity contribution in [1.29, 1.82) is 0 Å². The van der Waals surface area contributed by atoms with Gasteiger partial charge in [0.2, 0.25) is 0 Å². The lowest BCUT2D eigenvalue weighted by atomic mass is 10.1. The van der Waals surface area contributed by atoms with Crippen LogP contribution >= 0.6 is 11.6 Å². The van der Waals surface area contributed by atoms with E-state index < -0.39 is 6.10 Å². The highest BCUT2D eigenvalue weighted by molar-refractivity contribution is 6.31. The number of aromatic nitrogens is 1. The molecule has 1 atom stereocenters. The molecule has 3 rings (SSSR count). The summed E-state index contributed by atoms with van der Waals surface area (Å²) in [5.41, 5.74) is 1.19. The quantitative estimate of drug-likeness (QED) is 0.745. The van der Waals surface area contributed by atoms with Crippen LogP contribution in [-0.4, -0.2) is 10.1 Å². The lowest BCUT2D eigenvalue weighted by Gasteiger charge is -2.04. The van der Waals surface area contributed by atoms with E-state index in [-0.39, 0.29) is 5.43 Å². The minimum Gasteiger partial charge on any atom is -0.389 e. The number of nitrogens with zero attached hydrogens (tertiary/aromatic N) is 1. The Balaban J connectivity index is 2.50. The van der Waals surface area contributed by atoms with Crippen molar-refractivity contribution in [3.8, 4) is 0 Å². The maximum absolute atomic E-state index is 12.6. The Morgan fingerprint density at radius 2 is 1.90 bits per heavy atom. The van der Waals surface area contributed by atoms with Gasteiger partial charge in [0.05, 0.1) is 16.6 Å². The first-order valence-electron chi connectivity index (χ1n) is 6.26. The summed E-state index contributed by atoms with van der Waals surface area (Å²) < 4.78 is 0. The zero-order chi connectivity index (χ0) is 14.3. The molecule has 0 bridgehead atoms. The van der Waals surface area contributed by atoms with Crippen LogP contribution < -0.4 is 5.43 Å². The first-order chi connectivity index (χ1) is 9.56. The fraction of sp³-hybridized carbons (Fsp3) is 0.125. The second-order valence-electron chi connectivity index (χ2n) is 4.77. The molecule has 0 aliphatic heterocycles. The second-order valence-corrected chi connectivity index (χ2v) is 5.21. The molecule has 0 aliphatic rings. The van der Waals surface area contributed by atoms with Gasteiger partial charge < -0.3 is 5.11 Å². The van der Waals surface area contributed by atoms with Crippen molar-refractivity contribution >= 4 is 33.3 Å². The molecule has 0 saturated carbocycles. The average Bonchev–Trinajstić information content (AvgIpc) is 2.57. The van der Waals surface area contributed by atoms with Crippen LogP contribution in [0.5, 0.6) is 0 Å². The zero-order valence-electron chi connectivity index (χ0n) is 10.8. The Bertz CT molecular complexity index is 875. The Hall–Kier alpha value is -1.97. The predicted molar refractivity (Wildman–Crippen MR) is 81.2 cm³/mol. The number of rotatable bonds is 1. The summed E-state index contributed by atoms with van der Waals surface area (Å²) in [5.74, 6) is 0. The topological polar surface area (TPSA) is 50.2 Å². The normalized spacial score (nSPS) is 12.8. The van der Waals surface area contributed by atoms with Crippen molar-refractivity contribution in [2.45, 2.75) is 13.0 Å². The number of halogens is 1. The minimum atomic E-state index is -0.614. The van der Waals surface area contributed by atoms with Gasteiger partial charge in [-0.2, -0.15) is 0 Å². The number of hydrogen-bond donors (Lipinski definition) is 1. The van der Waals surface area contributed by atoms with E-state index >= 15 is 0 Å². The lowest BCUT2D eigenvalue weighted by Crippen LogP contribution is -2.00. The van der Waals surface area contributed by atoms with E-state index in [4.69, 9.17) is 11.6 Å². The van der Waals surface area contributed by atoms with E-state index in [0.29, 0.717) is 26.9 Å². The second kappa shape index (κ2) is 4.85. The van der Waals surface area contributed by atoms with Gasteiger partial charge in [-0.3, -0.25) is 9.78 Å². The zero-order valence-corrected chi connectivity index (χ0v) is 11.6. The Morgan fingerprint density at radius 1 is 1.15 bits per heavy atom. The van der Waals surface area contributed by atoms with Crippen molar-refractivity contribution in [2.75, 3.05) is 0 Å². The first kappa shape index (κ1) is 13.0. The highest BCUT2D eigenvalue weighted by Gasteiger charge is 2.07. The van der Waals surface area contributed by atoms with E-state index in [1.165, 1.54) is 6.20 Å². The summed E-state index contributed by atoms with van der Waals surface area (Å²) in [4.78, 5) is 16.8. The summed E-state index contributed by atoms with van der Waals surface area (Å²) in [6.45, 7) is 1.67. The molecule has 0 saturated heterocycles. The van der Waals surface area contributed by atoms with Gasteiger partial charge in [0.15, 0.2) is 5.43 Å². The minimum absolute atomic E-state index is 0.127. The fourth-order valence-corrected chi connectivity index (χ4v) is 2.41. The molecule has 0 fully saturated rings. The maximum atomic E-state index is 12.6. The largest absolute Gasteiger partial charge is 0.389 e. The van der Waals surface area contributed by atoms with Crippen molar-refractivity contribution in [3.05, 3.63) is 63.4 Å². The summed E-state index contributed by atoms with van der Waals surface area (Å²) in [6.07, 6.45) is 0.909. The Labute approximate surface area is 120 Å². The van der Waals surface area contributed by atoms with Crippen molar-refractivity contribution < 1.29 is 5.11 Å². The van der Waals surface area contributed by atoms with Crippen LogP contribution in [0.15, 0.2) is 47.4 Å². The number of fused-ring (bicyclic) bond motifs is 2. The highest BCUT2D eigenvalue weighted by Crippen LogP contribution is 2.20. The molecule has 100 valence electrons. The summed E-state index contributed by atoms with van der Waals surface area (Å²) in [7, 11) is 0. The van der Waals surface area contributed by atoms with Crippen LogP contribution in [0, 0.1) is 0 Å². The van der Waals surface area contributed by atoms with Crippen LogP contribution in [0.25, 0.3) is 21.7 Å². The van der Waals surface area contributed by atoms with E-state index in [2.05, 4.69) is 4.98 Å². The Morgan fingerprint density at radius 3 is 2.65 bits per heavy atom. The molecular weight excluding hydrogens is 274 g/mol. The van der Waals surface area contributed by atoms with Crippen molar-refractivity contribution in [1.82, 2.24) is 4.98 Å². The molecule has 0 aliphatic carbocycles. The third kappa shape index (κ3) is 2.15. The summed E-state index contributed by atoms with van der Waals surface area (Å²) >= 11 is 5.93. The van der Waals surface area contributed by atoms with E-state index in [1.807, 2.05) is 18.2 Å². The van der Waals surface area contributed by atoms with Crippen molar-refractivity contribution in [2.24, 2.45) is 0 Å². The standard InChI is InChI=1S/C16H12ClNO2/c1-9(19)11-3-2-10-4-5-15-14(7-12(17)8-18-15)16(20)13(10)6-11/h2-9,19H,1H3. The molecule has 0 amide bonds. The first-order valence-corrected chi connectivity index (χ1v) is 6.64. The van der Waals surface area contributed by atoms with Gasteiger partial charge in [-0.1, -0.05) is 29.8 Å². The van der Waals surface area contributed by atoms with Gasteiger partial charge in [-0.05, 0) is 36.1 Å². The maximum Gasteiger partial charge on any atom is 0.195 e. The molecule has 1 N–H and O–H groups in total. The highest BCUT2D eigenvalue weighted by atomic mass is 35.5. The molecule has 1 heterocycles. The Kier molecular flexibility index (Phi) is 3.16. The molecule has 0 radical (unpaired) electrons. The fourth-order valence-electron chi connectivity index (χ4n) is 2.25.